The summed E-state index contributed by atoms with van der Waals surface area (Å²) < 4.78 is 10.9. The first-order valence-corrected chi connectivity index (χ1v) is 8.85. The van der Waals surface area contributed by atoms with Crippen LogP contribution in [0.5, 0.6) is 17.2 Å². The maximum atomic E-state index is 11.3. The number of methoxy groups -OCH3 is 1. The fourth-order valence-electron chi connectivity index (χ4n) is 2.63. The van der Waals surface area contributed by atoms with Crippen LogP contribution in [0.1, 0.15) is 5.56 Å². The molecule has 12 nitrogen and oxygen atoms in total. The number of hydrogen-bond acceptors (Lipinski definition) is 9. The molecule has 3 aromatic rings. The lowest BCUT2D eigenvalue weighted by Gasteiger charge is -2.11. The van der Waals surface area contributed by atoms with Crippen molar-refractivity contribution in [3.05, 3.63) is 96.6 Å². The molecule has 0 aliphatic rings. The Labute approximate surface area is 179 Å². The van der Waals surface area contributed by atoms with Crippen molar-refractivity contribution >= 4 is 29.0 Å². The predicted molar refractivity (Wildman–Crippen MR) is 113 cm³/mol. The van der Waals surface area contributed by atoms with Gasteiger partial charge in [0.1, 0.15) is 0 Å². The summed E-state index contributed by atoms with van der Waals surface area (Å²) in [5, 5.41) is 32.9. The molecule has 0 saturated heterocycles. The fraction of sp³-hybridized carbons (Fsp3) is 0.0500. The Morgan fingerprint density at radius 2 is 1.38 bits per heavy atom. The molecule has 0 bridgehead atoms. The van der Waals surface area contributed by atoms with E-state index in [1.165, 1.54) is 43.7 Å². The van der Waals surface area contributed by atoms with E-state index < -0.39 is 26.1 Å². The average Bonchev–Trinajstić information content (AvgIpc) is 2.78. The van der Waals surface area contributed by atoms with Crippen LogP contribution in [0.2, 0.25) is 0 Å². The molecule has 12 heteroatoms. The Morgan fingerprint density at radius 1 is 0.750 bits per heavy atom. The van der Waals surface area contributed by atoms with Gasteiger partial charge >= 0.3 is 5.69 Å². The monoisotopic (exact) mass is 438 g/mol. The minimum Gasteiger partial charge on any atom is -0.493 e. The van der Waals surface area contributed by atoms with Crippen LogP contribution in [0, 0.1) is 30.3 Å². The topological polar surface area (TPSA) is 160 Å². The number of benzene rings is 3. The van der Waals surface area contributed by atoms with Crippen molar-refractivity contribution in [3.63, 3.8) is 0 Å². The molecule has 3 aromatic carbocycles. The van der Waals surface area contributed by atoms with Gasteiger partial charge in [0.2, 0.25) is 5.75 Å². The van der Waals surface area contributed by atoms with Gasteiger partial charge in [-0.3, -0.25) is 35.3 Å². The molecular weight excluding hydrogens is 424 g/mol. The molecule has 32 heavy (non-hydrogen) atoms. The molecule has 0 aliphatic heterocycles. The van der Waals surface area contributed by atoms with Gasteiger partial charge in [0.05, 0.1) is 33.6 Å². The van der Waals surface area contributed by atoms with Crippen LogP contribution in [0.4, 0.5) is 22.7 Å². The molecule has 162 valence electrons. The van der Waals surface area contributed by atoms with E-state index in [1.54, 1.807) is 12.1 Å². The second-order valence-corrected chi connectivity index (χ2v) is 6.21. The lowest BCUT2D eigenvalue weighted by atomic mass is 10.2. The molecule has 0 aromatic heterocycles. The Bertz CT molecular complexity index is 1220. The van der Waals surface area contributed by atoms with Crippen molar-refractivity contribution in [2.24, 2.45) is 4.99 Å². The van der Waals surface area contributed by atoms with Gasteiger partial charge in [0.25, 0.3) is 11.4 Å². The van der Waals surface area contributed by atoms with Crippen molar-refractivity contribution in [2.75, 3.05) is 7.11 Å². The highest BCUT2D eigenvalue weighted by molar-refractivity contribution is 5.83. The van der Waals surface area contributed by atoms with Crippen molar-refractivity contribution in [3.8, 4) is 17.2 Å². The number of nitro groups is 3. The van der Waals surface area contributed by atoms with Crippen LogP contribution in [0.15, 0.2) is 65.7 Å². The summed E-state index contributed by atoms with van der Waals surface area (Å²) >= 11 is 0. The van der Waals surface area contributed by atoms with E-state index in [0.717, 1.165) is 18.2 Å². The first kappa shape index (κ1) is 21.8. The molecule has 0 aliphatic carbocycles. The highest BCUT2D eigenvalue weighted by Gasteiger charge is 2.22. The molecule has 0 heterocycles. The van der Waals surface area contributed by atoms with Crippen molar-refractivity contribution < 1.29 is 24.2 Å². The van der Waals surface area contributed by atoms with E-state index >= 15 is 0 Å². The third-order valence-electron chi connectivity index (χ3n) is 4.18. The van der Waals surface area contributed by atoms with E-state index in [2.05, 4.69) is 4.99 Å². The van der Waals surface area contributed by atoms with Gasteiger partial charge in [-0.15, -0.1) is 0 Å². The van der Waals surface area contributed by atoms with Gasteiger partial charge < -0.3 is 9.47 Å². The molecule has 0 saturated carbocycles. The quantitative estimate of drug-likeness (QED) is 0.271. The maximum absolute atomic E-state index is 11.3. The molecule has 0 atom stereocenters. The van der Waals surface area contributed by atoms with E-state index in [4.69, 9.17) is 9.47 Å². The Morgan fingerprint density at radius 3 is 1.97 bits per heavy atom. The normalized spacial score (nSPS) is 10.7. The Kier molecular flexibility index (Phi) is 6.34. The molecule has 0 amide bonds. The molecule has 0 radical (unpaired) electrons. The largest absolute Gasteiger partial charge is 0.493 e. The zero-order valence-electron chi connectivity index (χ0n) is 16.4. The van der Waals surface area contributed by atoms with Crippen LogP contribution in [0.25, 0.3) is 0 Å². The number of nitrogens with zero attached hydrogens (tertiary/aromatic N) is 4. The van der Waals surface area contributed by atoms with Crippen LogP contribution in [0.3, 0.4) is 0 Å². The zero-order valence-corrected chi connectivity index (χ0v) is 16.4. The number of non-ortho nitro benzene ring substituents is 2. The van der Waals surface area contributed by atoms with E-state index in [-0.39, 0.29) is 22.9 Å². The average molecular weight is 438 g/mol. The second-order valence-electron chi connectivity index (χ2n) is 6.21. The lowest BCUT2D eigenvalue weighted by molar-refractivity contribution is -0.394. The summed E-state index contributed by atoms with van der Waals surface area (Å²) in [7, 11) is 1.38. The molecule has 0 unspecified atom stereocenters. The summed E-state index contributed by atoms with van der Waals surface area (Å²) in [5.74, 6) is 0.202. The smallest absolute Gasteiger partial charge is 0.318 e. The first-order valence-electron chi connectivity index (χ1n) is 8.85. The van der Waals surface area contributed by atoms with Crippen LogP contribution in [-0.4, -0.2) is 28.1 Å². The zero-order chi connectivity index (χ0) is 23.3. The summed E-state index contributed by atoms with van der Waals surface area (Å²) in [5.41, 5.74) is 0.0495. The maximum Gasteiger partial charge on any atom is 0.318 e. The second kappa shape index (κ2) is 9.30. The van der Waals surface area contributed by atoms with Gasteiger partial charge in [-0.1, -0.05) is 0 Å². The minimum atomic E-state index is -0.778. The van der Waals surface area contributed by atoms with Crippen molar-refractivity contribution in [1.29, 1.82) is 0 Å². The number of hydrogen-bond donors (Lipinski definition) is 0. The van der Waals surface area contributed by atoms with Crippen LogP contribution in [-0.2, 0) is 0 Å². The first-order chi connectivity index (χ1) is 15.3. The standard InChI is InChI=1S/C20H14N4O8/c1-31-20-10-13(12-21-14-3-5-15(6-4-14)22(25)26)2-8-19(20)32-18-9-7-16(23(27)28)11-17(18)24(29)30/h2-12H,1H3. The molecule has 0 spiro atoms. The molecular formula is C20H14N4O8. The third-order valence-corrected chi connectivity index (χ3v) is 4.18. The Hall–Kier alpha value is -4.87. The molecule has 0 fully saturated rings. The molecule has 0 N–H and O–H groups in total. The van der Waals surface area contributed by atoms with Gasteiger partial charge in [-0.25, -0.2) is 0 Å². The van der Waals surface area contributed by atoms with Crippen molar-refractivity contribution in [2.45, 2.75) is 0 Å². The fourth-order valence-corrected chi connectivity index (χ4v) is 2.63. The third kappa shape index (κ3) is 4.99. The molecule has 3 rings (SSSR count). The summed E-state index contributed by atoms with van der Waals surface area (Å²) in [4.78, 5) is 35.1. The van der Waals surface area contributed by atoms with E-state index in [0.29, 0.717) is 11.3 Å². The van der Waals surface area contributed by atoms with Gasteiger partial charge in [-0.2, -0.15) is 0 Å². The number of nitro benzene ring substituents is 3. The summed E-state index contributed by atoms with van der Waals surface area (Å²) in [6, 6.07) is 13.4. The SMILES string of the molecule is COc1cc(C=Nc2ccc([N+](=O)[O-])cc2)ccc1Oc1ccc([N+](=O)[O-])cc1[N+](=O)[O-]. The number of rotatable bonds is 8. The van der Waals surface area contributed by atoms with Gasteiger partial charge in [0, 0.05) is 24.4 Å². The number of ether oxygens (including phenoxy) is 2. The van der Waals surface area contributed by atoms with E-state index in [9.17, 15) is 30.3 Å². The van der Waals surface area contributed by atoms with Gasteiger partial charge in [-0.05, 0) is 42.0 Å². The van der Waals surface area contributed by atoms with Gasteiger partial charge in [0.15, 0.2) is 11.5 Å². The Balaban J connectivity index is 1.85. The summed E-state index contributed by atoms with van der Waals surface area (Å²) in [6.07, 6.45) is 1.50. The number of aliphatic imine (C=N–C) groups is 1. The predicted octanol–water partition coefficient (Wildman–Crippen LogP) is 4.96. The highest BCUT2D eigenvalue weighted by Crippen LogP contribution is 2.38. The van der Waals surface area contributed by atoms with Crippen molar-refractivity contribution in [1.82, 2.24) is 0 Å². The highest BCUT2D eigenvalue weighted by atomic mass is 16.6. The lowest BCUT2D eigenvalue weighted by Crippen LogP contribution is -1.97. The van der Waals surface area contributed by atoms with Crippen LogP contribution >= 0.6 is 0 Å². The van der Waals surface area contributed by atoms with E-state index in [1.807, 2.05) is 0 Å². The minimum absolute atomic E-state index is 0.0486. The summed E-state index contributed by atoms with van der Waals surface area (Å²) in [6.45, 7) is 0. The van der Waals surface area contributed by atoms with Crippen LogP contribution < -0.4 is 9.47 Å².